The Balaban J connectivity index is 2.15. The topological polar surface area (TPSA) is 64.4 Å². The van der Waals surface area contributed by atoms with Gasteiger partial charge in [0.25, 0.3) is 5.69 Å². The molecule has 1 saturated heterocycles. The third-order valence-electron chi connectivity index (χ3n) is 3.52. The van der Waals surface area contributed by atoms with Crippen LogP contribution in [0.2, 0.25) is 0 Å². The van der Waals surface area contributed by atoms with Crippen LogP contribution in [0.1, 0.15) is 12.0 Å². The molecule has 5 heteroatoms. The van der Waals surface area contributed by atoms with Gasteiger partial charge < -0.3 is 10.1 Å². The molecule has 0 spiro atoms. The van der Waals surface area contributed by atoms with Gasteiger partial charge in [-0.3, -0.25) is 10.1 Å². The van der Waals surface area contributed by atoms with Crippen LogP contribution in [0.4, 0.5) is 5.69 Å². The van der Waals surface area contributed by atoms with Gasteiger partial charge in [-0.1, -0.05) is 18.2 Å². The molecule has 0 aliphatic carbocycles. The molecule has 0 bridgehead atoms. The van der Waals surface area contributed by atoms with Gasteiger partial charge in [0, 0.05) is 30.2 Å². The van der Waals surface area contributed by atoms with Crippen molar-refractivity contribution in [2.24, 2.45) is 5.92 Å². The second-order valence-corrected chi connectivity index (χ2v) is 4.61. The summed E-state index contributed by atoms with van der Waals surface area (Å²) in [4.78, 5) is 10.7. The van der Waals surface area contributed by atoms with Gasteiger partial charge in [-0.25, -0.2) is 0 Å². The molecule has 1 N–H and O–H groups in total. The Morgan fingerprint density at radius 1 is 1.50 bits per heavy atom. The summed E-state index contributed by atoms with van der Waals surface area (Å²) in [5.74, 6) is 0.296. The van der Waals surface area contributed by atoms with Gasteiger partial charge in [0.15, 0.2) is 0 Å². The molecule has 2 unspecified atom stereocenters. The average Bonchev–Trinajstić information content (AvgIpc) is 2.40. The van der Waals surface area contributed by atoms with Gasteiger partial charge in [-0.2, -0.15) is 0 Å². The number of nitro groups is 1. The molecule has 1 fully saturated rings. The van der Waals surface area contributed by atoms with Crippen molar-refractivity contribution in [2.75, 3.05) is 20.3 Å². The lowest BCUT2D eigenvalue weighted by Crippen LogP contribution is -2.41. The molecule has 98 valence electrons. The zero-order chi connectivity index (χ0) is 13.0. The van der Waals surface area contributed by atoms with E-state index in [-0.39, 0.29) is 10.6 Å². The van der Waals surface area contributed by atoms with Crippen molar-refractivity contribution in [3.05, 3.63) is 39.9 Å². The highest BCUT2D eigenvalue weighted by Gasteiger charge is 2.26. The molecule has 1 aliphatic heterocycles. The summed E-state index contributed by atoms with van der Waals surface area (Å²) in [7, 11) is 1.93. The zero-order valence-corrected chi connectivity index (χ0v) is 10.5. The fraction of sp³-hybridized carbons (Fsp3) is 0.538. The number of ether oxygens (including phenoxy) is 1. The van der Waals surface area contributed by atoms with E-state index in [2.05, 4.69) is 5.32 Å². The van der Waals surface area contributed by atoms with E-state index in [0.29, 0.717) is 25.0 Å². The molecule has 2 atom stereocenters. The van der Waals surface area contributed by atoms with Gasteiger partial charge in [0.05, 0.1) is 11.5 Å². The number of rotatable bonds is 4. The lowest BCUT2D eigenvalue weighted by Gasteiger charge is -2.31. The number of hydrogen-bond acceptors (Lipinski definition) is 4. The highest BCUT2D eigenvalue weighted by atomic mass is 16.6. The van der Waals surface area contributed by atoms with Crippen LogP contribution in [0, 0.1) is 16.0 Å². The number of nitro benzene ring substituents is 1. The van der Waals surface area contributed by atoms with Crippen molar-refractivity contribution >= 4 is 5.69 Å². The average molecular weight is 250 g/mol. The molecule has 1 aromatic carbocycles. The van der Waals surface area contributed by atoms with E-state index in [4.69, 9.17) is 4.74 Å². The minimum Gasteiger partial charge on any atom is -0.381 e. The predicted octanol–water partition coefficient (Wildman–Crippen LogP) is 1.76. The summed E-state index contributed by atoms with van der Waals surface area (Å²) in [6, 6.07) is 7.32. The first-order chi connectivity index (χ1) is 8.72. The van der Waals surface area contributed by atoms with Crippen molar-refractivity contribution in [2.45, 2.75) is 18.9 Å². The van der Waals surface area contributed by atoms with E-state index >= 15 is 0 Å². The Morgan fingerprint density at radius 3 is 3.00 bits per heavy atom. The summed E-state index contributed by atoms with van der Waals surface area (Å²) in [6.45, 7) is 1.43. The van der Waals surface area contributed by atoms with Gasteiger partial charge in [-0.15, -0.1) is 0 Å². The second-order valence-electron chi connectivity index (χ2n) is 4.61. The van der Waals surface area contributed by atoms with E-state index in [9.17, 15) is 10.1 Å². The van der Waals surface area contributed by atoms with Crippen molar-refractivity contribution in [1.82, 2.24) is 5.32 Å². The lowest BCUT2D eigenvalue weighted by molar-refractivity contribution is -0.385. The van der Waals surface area contributed by atoms with E-state index in [1.807, 2.05) is 19.2 Å². The van der Waals surface area contributed by atoms with Crippen LogP contribution in [0.5, 0.6) is 0 Å². The predicted molar refractivity (Wildman–Crippen MR) is 68.6 cm³/mol. The standard InChI is InChI=1S/C13H18N2O3/c1-14-12-6-7-18-9-11(12)8-10-4-2-3-5-13(10)15(16)17/h2-5,11-12,14H,6-9H2,1H3. The number of nitrogens with zero attached hydrogens (tertiary/aromatic N) is 1. The maximum absolute atomic E-state index is 11.0. The lowest BCUT2D eigenvalue weighted by atomic mass is 9.89. The van der Waals surface area contributed by atoms with E-state index in [0.717, 1.165) is 18.6 Å². The van der Waals surface area contributed by atoms with Crippen molar-refractivity contribution < 1.29 is 9.66 Å². The van der Waals surface area contributed by atoms with Crippen LogP contribution in [-0.2, 0) is 11.2 Å². The first-order valence-electron chi connectivity index (χ1n) is 6.19. The molecule has 0 radical (unpaired) electrons. The molecule has 1 aliphatic rings. The van der Waals surface area contributed by atoms with Crippen LogP contribution >= 0.6 is 0 Å². The summed E-state index contributed by atoms with van der Waals surface area (Å²) in [5.41, 5.74) is 0.996. The van der Waals surface area contributed by atoms with Gasteiger partial charge >= 0.3 is 0 Å². The molecule has 1 aromatic rings. The van der Waals surface area contributed by atoms with E-state index in [1.165, 1.54) is 0 Å². The summed E-state index contributed by atoms with van der Waals surface area (Å²) in [6.07, 6.45) is 1.64. The number of benzene rings is 1. The molecular formula is C13H18N2O3. The fourth-order valence-corrected chi connectivity index (χ4v) is 2.52. The van der Waals surface area contributed by atoms with Crippen LogP contribution in [0.15, 0.2) is 24.3 Å². The summed E-state index contributed by atoms with van der Waals surface area (Å²) in [5, 5.41) is 14.2. The number of nitrogens with one attached hydrogen (secondary N) is 1. The van der Waals surface area contributed by atoms with Crippen molar-refractivity contribution in [3.63, 3.8) is 0 Å². The van der Waals surface area contributed by atoms with Crippen LogP contribution in [0.25, 0.3) is 0 Å². The van der Waals surface area contributed by atoms with Gasteiger partial charge in [0.2, 0.25) is 0 Å². The highest BCUT2D eigenvalue weighted by molar-refractivity contribution is 5.40. The highest BCUT2D eigenvalue weighted by Crippen LogP contribution is 2.25. The Morgan fingerprint density at radius 2 is 2.28 bits per heavy atom. The second kappa shape index (κ2) is 5.93. The Hall–Kier alpha value is -1.46. The molecule has 2 rings (SSSR count). The molecule has 5 nitrogen and oxygen atoms in total. The van der Waals surface area contributed by atoms with Crippen molar-refractivity contribution in [1.29, 1.82) is 0 Å². The largest absolute Gasteiger partial charge is 0.381 e. The monoisotopic (exact) mass is 250 g/mol. The van der Waals surface area contributed by atoms with Crippen LogP contribution in [-0.4, -0.2) is 31.2 Å². The molecule has 0 aromatic heterocycles. The number of hydrogen-bond donors (Lipinski definition) is 1. The summed E-state index contributed by atoms with van der Waals surface area (Å²) >= 11 is 0. The first kappa shape index (κ1) is 13.0. The summed E-state index contributed by atoms with van der Waals surface area (Å²) < 4.78 is 5.48. The molecule has 0 saturated carbocycles. The first-order valence-corrected chi connectivity index (χ1v) is 6.19. The molecular weight excluding hydrogens is 232 g/mol. The maximum atomic E-state index is 11.0. The molecule has 18 heavy (non-hydrogen) atoms. The van der Waals surface area contributed by atoms with E-state index < -0.39 is 0 Å². The smallest absolute Gasteiger partial charge is 0.272 e. The van der Waals surface area contributed by atoms with Gasteiger partial charge in [-0.05, 0) is 19.9 Å². The minimum atomic E-state index is -0.312. The number of para-hydroxylation sites is 1. The van der Waals surface area contributed by atoms with Crippen LogP contribution in [0.3, 0.4) is 0 Å². The minimum absolute atomic E-state index is 0.206. The Bertz CT molecular complexity index is 422. The normalized spacial score (nSPS) is 23.8. The third kappa shape index (κ3) is 2.86. The third-order valence-corrected chi connectivity index (χ3v) is 3.52. The SMILES string of the molecule is CNC1CCOCC1Cc1ccccc1[N+](=O)[O-]. The van der Waals surface area contributed by atoms with Gasteiger partial charge in [0.1, 0.15) is 0 Å². The quantitative estimate of drug-likeness (QED) is 0.653. The van der Waals surface area contributed by atoms with E-state index in [1.54, 1.807) is 12.1 Å². The fourth-order valence-electron chi connectivity index (χ4n) is 2.52. The molecule has 0 amide bonds. The van der Waals surface area contributed by atoms with Crippen LogP contribution < -0.4 is 5.32 Å². The zero-order valence-electron chi connectivity index (χ0n) is 10.5. The van der Waals surface area contributed by atoms with Crippen molar-refractivity contribution in [3.8, 4) is 0 Å². The molecule has 1 heterocycles. The Kier molecular flexibility index (Phi) is 4.28. The maximum Gasteiger partial charge on any atom is 0.272 e. The Labute approximate surface area is 106 Å².